The standard InChI is InChI=1S/C8H6N2O/c9-5-1-2-6-7(3-5)10-4-8(6)11/h1-4H,9H2. The highest BCUT2D eigenvalue weighted by molar-refractivity contribution is 6.40. The molecule has 0 bridgehead atoms. The molecule has 0 atom stereocenters. The highest BCUT2D eigenvalue weighted by Gasteiger charge is 2.13. The maximum absolute atomic E-state index is 11.0. The number of Topliss-reactive ketones (excluding diaryl/α,β-unsaturated/α-hetero) is 1. The average Bonchev–Trinajstić information content (AvgIpc) is 2.32. The van der Waals surface area contributed by atoms with Crippen molar-refractivity contribution in [3.63, 3.8) is 0 Å². The lowest BCUT2D eigenvalue weighted by atomic mass is 10.1. The van der Waals surface area contributed by atoms with Crippen LogP contribution in [-0.4, -0.2) is 12.0 Å². The summed E-state index contributed by atoms with van der Waals surface area (Å²) in [5.41, 5.74) is 7.44. The van der Waals surface area contributed by atoms with E-state index in [0.29, 0.717) is 16.9 Å². The highest BCUT2D eigenvalue weighted by atomic mass is 16.1. The Kier molecular flexibility index (Phi) is 1.06. The van der Waals surface area contributed by atoms with Crippen LogP contribution < -0.4 is 5.73 Å². The zero-order valence-electron chi connectivity index (χ0n) is 5.74. The first-order valence-electron chi connectivity index (χ1n) is 3.25. The van der Waals surface area contributed by atoms with Gasteiger partial charge in [-0.15, -0.1) is 0 Å². The maximum Gasteiger partial charge on any atom is 0.206 e. The quantitative estimate of drug-likeness (QED) is 0.558. The van der Waals surface area contributed by atoms with E-state index in [-0.39, 0.29) is 5.78 Å². The summed E-state index contributed by atoms with van der Waals surface area (Å²) < 4.78 is 0. The van der Waals surface area contributed by atoms with Crippen molar-refractivity contribution in [2.24, 2.45) is 4.99 Å². The van der Waals surface area contributed by atoms with Crippen LogP contribution in [0.4, 0.5) is 11.4 Å². The number of hydrogen-bond donors (Lipinski definition) is 1. The minimum atomic E-state index is -0.0417. The van der Waals surface area contributed by atoms with Gasteiger partial charge in [-0.2, -0.15) is 0 Å². The molecule has 0 saturated heterocycles. The molecule has 11 heavy (non-hydrogen) atoms. The van der Waals surface area contributed by atoms with E-state index >= 15 is 0 Å². The number of carbonyl (C=O) groups excluding carboxylic acids is 1. The molecule has 1 heterocycles. The summed E-state index contributed by atoms with van der Waals surface area (Å²) in [6.45, 7) is 0. The van der Waals surface area contributed by atoms with E-state index in [2.05, 4.69) is 4.99 Å². The maximum atomic E-state index is 11.0. The number of carbonyl (C=O) groups is 1. The molecule has 0 fully saturated rings. The molecule has 54 valence electrons. The second-order valence-corrected chi connectivity index (χ2v) is 2.40. The van der Waals surface area contributed by atoms with E-state index < -0.39 is 0 Å². The predicted molar refractivity (Wildman–Crippen MR) is 43.3 cm³/mol. The van der Waals surface area contributed by atoms with Gasteiger partial charge in [0, 0.05) is 11.3 Å². The van der Waals surface area contributed by atoms with E-state index in [1.807, 2.05) is 0 Å². The first-order chi connectivity index (χ1) is 5.27. The number of anilines is 1. The Hall–Kier alpha value is -1.64. The van der Waals surface area contributed by atoms with Crippen LogP contribution in [0.3, 0.4) is 0 Å². The number of nitrogens with two attached hydrogens (primary N) is 1. The number of ketones is 1. The first kappa shape index (κ1) is 6.09. The third-order valence-electron chi connectivity index (χ3n) is 1.61. The summed E-state index contributed by atoms with van der Waals surface area (Å²) in [6, 6.07) is 5.09. The Balaban J connectivity index is 2.66. The van der Waals surface area contributed by atoms with Crippen LogP contribution >= 0.6 is 0 Å². The van der Waals surface area contributed by atoms with Crippen LogP contribution in [0, 0.1) is 0 Å². The summed E-state index contributed by atoms with van der Waals surface area (Å²) in [4.78, 5) is 14.9. The third-order valence-corrected chi connectivity index (χ3v) is 1.61. The van der Waals surface area contributed by atoms with Gasteiger partial charge in [0.25, 0.3) is 0 Å². The van der Waals surface area contributed by atoms with Gasteiger partial charge >= 0.3 is 0 Å². The number of nitrogen functional groups attached to an aromatic ring is 1. The molecule has 0 aliphatic carbocycles. The fourth-order valence-corrected chi connectivity index (χ4v) is 1.06. The smallest absolute Gasteiger partial charge is 0.206 e. The highest BCUT2D eigenvalue weighted by Crippen LogP contribution is 2.25. The molecule has 1 aliphatic rings. The first-order valence-corrected chi connectivity index (χ1v) is 3.25. The van der Waals surface area contributed by atoms with Crippen LogP contribution in [0.1, 0.15) is 10.4 Å². The number of nitrogens with zero attached hydrogens (tertiary/aromatic N) is 1. The topological polar surface area (TPSA) is 55.4 Å². The molecular weight excluding hydrogens is 140 g/mol. The zero-order chi connectivity index (χ0) is 7.84. The number of fused-ring (bicyclic) bond motifs is 1. The van der Waals surface area contributed by atoms with Gasteiger partial charge in [-0.1, -0.05) is 0 Å². The van der Waals surface area contributed by atoms with Crippen molar-refractivity contribution in [2.75, 3.05) is 5.73 Å². The summed E-state index contributed by atoms with van der Waals surface area (Å²) in [6.07, 6.45) is 1.31. The van der Waals surface area contributed by atoms with E-state index in [4.69, 9.17) is 5.73 Å². The SMILES string of the molecule is Nc1ccc2c(c1)N=CC2=O. The molecule has 0 amide bonds. The monoisotopic (exact) mass is 146 g/mol. The lowest BCUT2D eigenvalue weighted by molar-refractivity contribution is 0.107. The summed E-state index contributed by atoms with van der Waals surface area (Å²) >= 11 is 0. The van der Waals surface area contributed by atoms with Crippen molar-refractivity contribution >= 4 is 23.4 Å². The Morgan fingerprint density at radius 3 is 3.00 bits per heavy atom. The lowest BCUT2D eigenvalue weighted by Crippen LogP contribution is -1.93. The minimum Gasteiger partial charge on any atom is -0.399 e. The van der Waals surface area contributed by atoms with Gasteiger partial charge in [0.2, 0.25) is 5.78 Å². The van der Waals surface area contributed by atoms with Crippen molar-refractivity contribution in [1.82, 2.24) is 0 Å². The molecule has 2 N–H and O–H groups in total. The van der Waals surface area contributed by atoms with E-state index in [1.54, 1.807) is 18.2 Å². The minimum absolute atomic E-state index is 0.0417. The molecule has 0 unspecified atom stereocenters. The molecule has 2 rings (SSSR count). The van der Waals surface area contributed by atoms with E-state index in [9.17, 15) is 4.79 Å². The summed E-state index contributed by atoms with van der Waals surface area (Å²) in [7, 11) is 0. The van der Waals surface area contributed by atoms with Crippen LogP contribution in [0.2, 0.25) is 0 Å². The number of hydrogen-bond acceptors (Lipinski definition) is 3. The van der Waals surface area contributed by atoms with Crippen molar-refractivity contribution in [3.8, 4) is 0 Å². The molecule has 0 spiro atoms. The normalized spacial score (nSPS) is 13.6. The van der Waals surface area contributed by atoms with Crippen molar-refractivity contribution in [2.45, 2.75) is 0 Å². The van der Waals surface area contributed by atoms with Crippen molar-refractivity contribution < 1.29 is 4.79 Å². The van der Waals surface area contributed by atoms with Gasteiger partial charge < -0.3 is 5.73 Å². The van der Waals surface area contributed by atoms with E-state index in [0.717, 1.165) is 0 Å². The molecule has 0 saturated carbocycles. The fraction of sp³-hybridized carbons (Fsp3) is 0. The van der Waals surface area contributed by atoms with E-state index in [1.165, 1.54) is 6.21 Å². The van der Waals surface area contributed by atoms with Crippen LogP contribution in [-0.2, 0) is 0 Å². The number of benzene rings is 1. The Morgan fingerprint density at radius 1 is 1.36 bits per heavy atom. The predicted octanol–water partition coefficient (Wildman–Crippen LogP) is 1.17. The Morgan fingerprint density at radius 2 is 2.18 bits per heavy atom. The van der Waals surface area contributed by atoms with Gasteiger partial charge in [0.1, 0.15) is 0 Å². The Labute approximate surface area is 63.6 Å². The second-order valence-electron chi connectivity index (χ2n) is 2.40. The molecule has 1 aliphatic heterocycles. The third kappa shape index (κ3) is 0.816. The second kappa shape index (κ2) is 1.92. The van der Waals surface area contributed by atoms with Gasteiger partial charge in [-0.05, 0) is 18.2 Å². The van der Waals surface area contributed by atoms with Crippen LogP contribution in [0.5, 0.6) is 0 Å². The van der Waals surface area contributed by atoms with Gasteiger partial charge in [-0.25, -0.2) is 0 Å². The van der Waals surface area contributed by atoms with Gasteiger partial charge in [0.15, 0.2) is 0 Å². The van der Waals surface area contributed by atoms with Crippen LogP contribution in [0.15, 0.2) is 23.2 Å². The molecular formula is C8H6N2O. The molecule has 3 heteroatoms. The molecule has 0 radical (unpaired) electrons. The number of rotatable bonds is 0. The van der Waals surface area contributed by atoms with Gasteiger partial charge in [0.05, 0.1) is 11.9 Å². The molecule has 0 aromatic heterocycles. The Bertz CT molecular complexity index is 355. The van der Waals surface area contributed by atoms with Crippen LogP contribution in [0.25, 0.3) is 0 Å². The molecule has 1 aromatic rings. The fourth-order valence-electron chi connectivity index (χ4n) is 1.06. The summed E-state index contributed by atoms with van der Waals surface area (Å²) in [5.74, 6) is -0.0417. The van der Waals surface area contributed by atoms with Crippen molar-refractivity contribution in [1.29, 1.82) is 0 Å². The largest absolute Gasteiger partial charge is 0.399 e. The molecule has 1 aromatic carbocycles. The zero-order valence-corrected chi connectivity index (χ0v) is 5.74. The summed E-state index contributed by atoms with van der Waals surface area (Å²) in [5, 5.41) is 0. The molecule has 3 nitrogen and oxygen atoms in total. The van der Waals surface area contributed by atoms with Crippen molar-refractivity contribution in [3.05, 3.63) is 23.8 Å². The lowest BCUT2D eigenvalue weighted by Gasteiger charge is -1.95. The average molecular weight is 146 g/mol. The van der Waals surface area contributed by atoms with Gasteiger partial charge in [-0.3, -0.25) is 9.79 Å². The number of aliphatic imine (C=N–C) groups is 1.